The number of carbonyl (C=O) groups excluding carboxylic acids is 1. The average molecular weight is 351 g/mol. The van der Waals surface area contributed by atoms with Crippen molar-refractivity contribution in [3.8, 4) is 0 Å². The predicted octanol–water partition coefficient (Wildman–Crippen LogP) is 1.66. The number of carbonyl (C=O) groups is 1. The van der Waals surface area contributed by atoms with Gasteiger partial charge in [-0.05, 0) is 24.3 Å². The summed E-state index contributed by atoms with van der Waals surface area (Å²) in [5, 5.41) is 2.92. The van der Waals surface area contributed by atoms with Gasteiger partial charge in [0.2, 0.25) is 5.91 Å². The average Bonchev–Trinajstić information content (AvgIpc) is 3.12. The van der Waals surface area contributed by atoms with Crippen LogP contribution in [0.15, 0.2) is 53.1 Å². The smallest absolute Gasteiger partial charge is 0.298 e. The monoisotopic (exact) mass is 351 g/mol. The Kier molecular flexibility index (Phi) is 4.79. The Hall–Kier alpha value is -2.93. The number of rotatable bonds is 5. The first-order valence-corrected chi connectivity index (χ1v) is 8.77. The van der Waals surface area contributed by atoms with Crippen LogP contribution in [0.4, 0.5) is 6.01 Å². The number of fused-ring (bicyclic) bond motifs is 1. The molecule has 0 atom stereocenters. The molecule has 26 heavy (non-hydrogen) atoms. The minimum absolute atomic E-state index is 0.0194. The molecular weight excluding hydrogens is 330 g/mol. The van der Waals surface area contributed by atoms with Crippen molar-refractivity contribution >= 4 is 23.0 Å². The van der Waals surface area contributed by atoms with Crippen LogP contribution in [0.5, 0.6) is 0 Å². The molecule has 3 heterocycles. The van der Waals surface area contributed by atoms with Gasteiger partial charge in [-0.25, -0.2) is 0 Å². The lowest BCUT2D eigenvalue weighted by atomic mass is 10.3. The van der Waals surface area contributed by atoms with E-state index in [1.165, 1.54) is 0 Å². The molecule has 2 aromatic heterocycles. The van der Waals surface area contributed by atoms with E-state index in [4.69, 9.17) is 4.42 Å². The van der Waals surface area contributed by atoms with Crippen LogP contribution in [0.1, 0.15) is 5.69 Å². The molecule has 7 nitrogen and oxygen atoms in total. The molecule has 1 saturated heterocycles. The van der Waals surface area contributed by atoms with Gasteiger partial charge in [0.25, 0.3) is 6.01 Å². The molecule has 0 radical (unpaired) electrons. The number of piperazine rings is 1. The van der Waals surface area contributed by atoms with E-state index in [9.17, 15) is 4.79 Å². The number of aromatic nitrogens is 2. The van der Waals surface area contributed by atoms with Gasteiger partial charge in [-0.1, -0.05) is 18.2 Å². The van der Waals surface area contributed by atoms with E-state index in [-0.39, 0.29) is 5.91 Å². The van der Waals surface area contributed by atoms with Gasteiger partial charge >= 0.3 is 0 Å². The molecule has 1 aromatic carbocycles. The van der Waals surface area contributed by atoms with Crippen LogP contribution < -0.4 is 10.2 Å². The van der Waals surface area contributed by atoms with Gasteiger partial charge in [-0.3, -0.25) is 14.7 Å². The topological polar surface area (TPSA) is 74.5 Å². The minimum atomic E-state index is 0.0194. The summed E-state index contributed by atoms with van der Waals surface area (Å²) < 4.78 is 5.82. The van der Waals surface area contributed by atoms with Crippen molar-refractivity contribution in [1.82, 2.24) is 20.2 Å². The first-order chi connectivity index (χ1) is 12.8. The molecule has 3 aromatic rings. The highest BCUT2D eigenvalue weighted by Gasteiger charge is 2.22. The van der Waals surface area contributed by atoms with Crippen molar-refractivity contribution in [3.05, 3.63) is 54.4 Å². The molecule has 1 aliphatic heterocycles. The zero-order valence-electron chi connectivity index (χ0n) is 14.5. The maximum absolute atomic E-state index is 12.1. The number of oxazole rings is 1. The summed E-state index contributed by atoms with van der Waals surface area (Å²) in [6.45, 7) is 4.04. The molecule has 1 amide bonds. The third kappa shape index (κ3) is 3.83. The third-order valence-corrected chi connectivity index (χ3v) is 4.49. The Morgan fingerprint density at radius 2 is 1.88 bits per heavy atom. The van der Waals surface area contributed by atoms with E-state index in [2.05, 4.69) is 25.1 Å². The largest absolute Gasteiger partial charge is 0.423 e. The molecule has 0 aliphatic carbocycles. The highest BCUT2D eigenvalue weighted by atomic mass is 16.4. The van der Waals surface area contributed by atoms with Crippen molar-refractivity contribution in [2.75, 3.05) is 37.6 Å². The van der Waals surface area contributed by atoms with Crippen LogP contribution in [-0.4, -0.2) is 53.5 Å². The number of para-hydroxylation sites is 2. The fourth-order valence-corrected chi connectivity index (χ4v) is 3.04. The van der Waals surface area contributed by atoms with Crippen molar-refractivity contribution in [2.24, 2.45) is 0 Å². The van der Waals surface area contributed by atoms with Crippen LogP contribution in [0.2, 0.25) is 0 Å². The maximum atomic E-state index is 12.1. The van der Waals surface area contributed by atoms with Crippen molar-refractivity contribution < 1.29 is 9.21 Å². The number of amides is 1. The summed E-state index contributed by atoms with van der Waals surface area (Å²) in [6.07, 6.45) is 1.73. The molecule has 7 heteroatoms. The van der Waals surface area contributed by atoms with Crippen molar-refractivity contribution in [1.29, 1.82) is 0 Å². The Morgan fingerprint density at radius 3 is 2.65 bits per heavy atom. The van der Waals surface area contributed by atoms with Gasteiger partial charge in [0, 0.05) is 32.4 Å². The van der Waals surface area contributed by atoms with Gasteiger partial charge in [0.05, 0.1) is 18.8 Å². The van der Waals surface area contributed by atoms with Crippen molar-refractivity contribution in [3.63, 3.8) is 0 Å². The molecule has 1 fully saturated rings. The predicted molar refractivity (Wildman–Crippen MR) is 98.7 cm³/mol. The Labute approximate surface area is 151 Å². The van der Waals surface area contributed by atoms with Gasteiger partial charge in [0.15, 0.2) is 5.58 Å². The number of hydrogen-bond donors (Lipinski definition) is 1. The third-order valence-electron chi connectivity index (χ3n) is 4.49. The molecule has 134 valence electrons. The number of hydrogen-bond acceptors (Lipinski definition) is 6. The van der Waals surface area contributed by atoms with E-state index in [1.807, 2.05) is 42.5 Å². The number of nitrogens with one attached hydrogen (secondary N) is 1. The van der Waals surface area contributed by atoms with E-state index in [1.54, 1.807) is 6.20 Å². The van der Waals surface area contributed by atoms with Gasteiger partial charge in [0.1, 0.15) is 5.52 Å². The Morgan fingerprint density at radius 1 is 1.08 bits per heavy atom. The Bertz CT molecular complexity index is 839. The van der Waals surface area contributed by atoms with Gasteiger partial charge < -0.3 is 14.6 Å². The first-order valence-electron chi connectivity index (χ1n) is 8.77. The highest BCUT2D eigenvalue weighted by Crippen LogP contribution is 2.22. The summed E-state index contributed by atoms with van der Waals surface area (Å²) in [4.78, 5) is 25.1. The molecular formula is C19H21N5O2. The summed E-state index contributed by atoms with van der Waals surface area (Å²) in [5.41, 5.74) is 2.54. The second-order valence-corrected chi connectivity index (χ2v) is 6.33. The molecule has 1 N–H and O–H groups in total. The molecule has 1 aliphatic rings. The quantitative estimate of drug-likeness (QED) is 0.754. The summed E-state index contributed by atoms with van der Waals surface area (Å²) in [7, 11) is 0. The van der Waals surface area contributed by atoms with Crippen molar-refractivity contribution in [2.45, 2.75) is 6.54 Å². The zero-order chi connectivity index (χ0) is 17.8. The zero-order valence-corrected chi connectivity index (χ0v) is 14.5. The summed E-state index contributed by atoms with van der Waals surface area (Å²) >= 11 is 0. The molecule has 0 spiro atoms. The van der Waals surface area contributed by atoms with E-state index in [0.717, 1.165) is 43.0 Å². The van der Waals surface area contributed by atoms with Crippen LogP contribution in [0, 0.1) is 0 Å². The number of pyridine rings is 1. The SMILES string of the molecule is O=C(CN1CCN(c2nc3ccccc3o2)CC1)NCc1ccccn1. The standard InChI is InChI=1S/C19H21N5O2/c25-18(21-13-15-5-3-4-8-20-15)14-23-9-11-24(12-10-23)19-22-16-6-1-2-7-17(16)26-19/h1-8H,9-14H2,(H,21,25). The second kappa shape index (κ2) is 7.53. The van der Waals surface area contributed by atoms with Gasteiger partial charge in [-0.2, -0.15) is 4.98 Å². The lowest BCUT2D eigenvalue weighted by Crippen LogP contribution is -2.49. The lowest BCUT2D eigenvalue weighted by Gasteiger charge is -2.33. The van der Waals surface area contributed by atoms with E-state index in [0.29, 0.717) is 19.1 Å². The fourth-order valence-electron chi connectivity index (χ4n) is 3.04. The molecule has 0 saturated carbocycles. The van der Waals surface area contributed by atoms with Gasteiger partial charge in [-0.15, -0.1) is 0 Å². The normalized spacial score (nSPS) is 15.3. The maximum Gasteiger partial charge on any atom is 0.298 e. The van der Waals surface area contributed by atoms with E-state index < -0.39 is 0 Å². The van der Waals surface area contributed by atoms with Crippen LogP contribution >= 0.6 is 0 Å². The number of benzene rings is 1. The molecule has 0 bridgehead atoms. The fraction of sp³-hybridized carbons (Fsp3) is 0.316. The second-order valence-electron chi connectivity index (χ2n) is 6.33. The van der Waals surface area contributed by atoms with Crippen LogP contribution in [0.25, 0.3) is 11.1 Å². The summed E-state index contributed by atoms with van der Waals surface area (Å²) in [6, 6.07) is 14.1. The Balaban J connectivity index is 1.26. The lowest BCUT2D eigenvalue weighted by molar-refractivity contribution is -0.122. The molecule has 4 rings (SSSR count). The van der Waals surface area contributed by atoms with Crippen LogP contribution in [-0.2, 0) is 11.3 Å². The molecule has 0 unspecified atom stereocenters. The number of nitrogens with zero attached hydrogens (tertiary/aromatic N) is 4. The first kappa shape index (κ1) is 16.5. The number of anilines is 1. The highest BCUT2D eigenvalue weighted by molar-refractivity contribution is 5.78. The van der Waals surface area contributed by atoms with E-state index >= 15 is 0 Å². The van der Waals surface area contributed by atoms with Crippen LogP contribution in [0.3, 0.4) is 0 Å². The minimum Gasteiger partial charge on any atom is -0.423 e. The summed E-state index contributed by atoms with van der Waals surface area (Å²) in [5.74, 6) is 0.0194.